The number of ketones is 1. The molecule has 1 unspecified atom stereocenters. The van der Waals surface area contributed by atoms with Gasteiger partial charge in [-0.3, -0.25) is 4.79 Å². The predicted molar refractivity (Wildman–Crippen MR) is 59.9 cm³/mol. The Hall–Kier alpha value is -2.08. The largest absolute Gasteiger partial charge is 0.464 e. The molecule has 2 aromatic rings. The van der Waals surface area contributed by atoms with Gasteiger partial charge in [-0.05, 0) is 13.0 Å². The number of hydrogen-bond acceptors (Lipinski definition) is 3. The standard InChI is InChI=1S/C13H11NO2/c1-9(15)6-10(7-14)12-8-16-13-5-3-2-4-11(12)13/h2-5,8,10H,6H2,1H3. The van der Waals surface area contributed by atoms with Crippen molar-refractivity contribution in [3.8, 4) is 6.07 Å². The van der Waals surface area contributed by atoms with Crippen molar-refractivity contribution in [3.05, 3.63) is 36.1 Å². The molecule has 0 saturated carbocycles. The van der Waals surface area contributed by atoms with Crippen LogP contribution in [-0.4, -0.2) is 5.78 Å². The average molecular weight is 213 g/mol. The SMILES string of the molecule is CC(=O)CC(C#N)c1coc2ccccc12. The third kappa shape index (κ3) is 1.82. The van der Waals surface area contributed by atoms with Gasteiger partial charge in [0.05, 0.1) is 18.3 Å². The number of carbonyl (C=O) groups excluding carboxylic acids is 1. The Morgan fingerprint density at radius 3 is 2.94 bits per heavy atom. The Labute approximate surface area is 93.3 Å². The van der Waals surface area contributed by atoms with E-state index in [4.69, 9.17) is 9.68 Å². The lowest BCUT2D eigenvalue weighted by atomic mass is 9.95. The second-order valence-electron chi connectivity index (χ2n) is 3.78. The van der Waals surface area contributed by atoms with E-state index in [1.54, 1.807) is 6.26 Å². The minimum Gasteiger partial charge on any atom is -0.464 e. The number of nitriles is 1. The summed E-state index contributed by atoms with van der Waals surface area (Å²) in [5.41, 5.74) is 1.55. The van der Waals surface area contributed by atoms with E-state index in [1.165, 1.54) is 6.92 Å². The minimum atomic E-state index is -0.416. The maximum atomic E-state index is 11.1. The molecule has 0 spiro atoms. The Kier molecular flexibility index (Phi) is 2.74. The minimum absolute atomic E-state index is 0.0110. The summed E-state index contributed by atoms with van der Waals surface area (Å²) < 4.78 is 5.35. The molecule has 1 heterocycles. The first-order valence-corrected chi connectivity index (χ1v) is 5.07. The second kappa shape index (κ2) is 4.19. The molecule has 0 radical (unpaired) electrons. The smallest absolute Gasteiger partial charge is 0.134 e. The van der Waals surface area contributed by atoms with Gasteiger partial charge in [-0.15, -0.1) is 0 Å². The summed E-state index contributed by atoms with van der Waals surface area (Å²) in [5.74, 6) is -0.405. The molecule has 2 rings (SSSR count). The zero-order valence-electron chi connectivity index (χ0n) is 8.93. The van der Waals surface area contributed by atoms with Crippen LogP contribution in [0.25, 0.3) is 11.0 Å². The van der Waals surface area contributed by atoms with Crippen LogP contribution in [0.2, 0.25) is 0 Å². The van der Waals surface area contributed by atoms with Crippen LogP contribution in [0.1, 0.15) is 24.8 Å². The van der Waals surface area contributed by atoms with E-state index in [0.29, 0.717) is 0 Å². The Balaban J connectivity index is 2.46. The second-order valence-corrected chi connectivity index (χ2v) is 3.78. The molecule has 0 saturated heterocycles. The highest BCUT2D eigenvalue weighted by molar-refractivity contribution is 5.84. The topological polar surface area (TPSA) is 54.0 Å². The molecule has 1 aromatic carbocycles. The normalized spacial score (nSPS) is 12.2. The van der Waals surface area contributed by atoms with Gasteiger partial charge >= 0.3 is 0 Å². The van der Waals surface area contributed by atoms with E-state index >= 15 is 0 Å². The number of furan rings is 1. The lowest BCUT2D eigenvalue weighted by Gasteiger charge is -2.03. The molecule has 0 aliphatic rings. The van der Waals surface area contributed by atoms with Crippen LogP contribution in [0.5, 0.6) is 0 Å². The van der Waals surface area contributed by atoms with Crippen molar-refractivity contribution in [3.63, 3.8) is 0 Å². The summed E-state index contributed by atoms with van der Waals surface area (Å²) in [5, 5.41) is 9.97. The molecule has 1 atom stereocenters. The van der Waals surface area contributed by atoms with Gasteiger partial charge in [0, 0.05) is 17.4 Å². The zero-order chi connectivity index (χ0) is 11.5. The fraction of sp³-hybridized carbons (Fsp3) is 0.231. The van der Waals surface area contributed by atoms with Crippen LogP contribution < -0.4 is 0 Å². The first-order chi connectivity index (χ1) is 7.72. The van der Waals surface area contributed by atoms with Gasteiger partial charge in [0.2, 0.25) is 0 Å². The molecule has 0 bridgehead atoms. The van der Waals surface area contributed by atoms with E-state index in [-0.39, 0.29) is 12.2 Å². The van der Waals surface area contributed by atoms with E-state index in [9.17, 15) is 4.79 Å². The zero-order valence-corrected chi connectivity index (χ0v) is 8.93. The Morgan fingerprint density at radius 1 is 1.50 bits per heavy atom. The van der Waals surface area contributed by atoms with Crippen molar-refractivity contribution in [1.29, 1.82) is 5.26 Å². The predicted octanol–water partition coefficient (Wildman–Crippen LogP) is 3.02. The maximum Gasteiger partial charge on any atom is 0.134 e. The number of fused-ring (bicyclic) bond motifs is 1. The molecular weight excluding hydrogens is 202 g/mol. The van der Waals surface area contributed by atoms with Gasteiger partial charge < -0.3 is 4.42 Å². The summed E-state index contributed by atoms with van der Waals surface area (Å²) >= 11 is 0. The molecule has 80 valence electrons. The van der Waals surface area contributed by atoms with Crippen LogP contribution in [-0.2, 0) is 4.79 Å². The van der Waals surface area contributed by atoms with Crippen LogP contribution in [0.3, 0.4) is 0 Å². The van der Waals surface area contributed by atoms with Crippen LogP contribution in [0.15, 0.2) is 34.9 Å². The summed E-state index contributed by atoms with van der Waals surface area (Å²) in [6, 6.07) is 9.67. The molecule has 0 aliphatic carbocycles. The number of para-hydroxylation sites is 1. The molecule has 1 aromatic heterocycles. The van der Waals surface area contributed by atoms with Gasteiger partial charge in [-0.25, -0.2) is 0 Å². The highest BCUT2D eigenvalue weighted by Gasteiger charge is 2.17. The van der Waals surface area contributed by atoms with Gasteiger partial charge in [-0.2, -0.15) is 5.26 Å². The van der Waals surface area contributed by atoms with Crippen molar-refractivity contribution >= 4 is 16.8 Å². The molecule has 0 N–H and O–H groups in total. The average Bonchev–Trinajstić information content (AvgIpc) is 2.69. The molecule has 0 fully saturated rings. The summed E-state index contributed by atoms with van der Waals surface area (Å²) in [6.45, 7) is 1.49. The van der Waals surface area contributed by atoms with E-state index in [1.807, 2.05) is 24.3 Å². The van der Waals surface area contributed by atoms with Crippen molar-refractivity contribution in [1.82, 2.24) is 0 Å². The number of rotatable bonds is 3. The number of nitrogens with zero attached hydrogens (tertiary/aromatic N) is 1. The van der Waals surface area contributed by atoms with Crippen LogP contribution in [0.4, 0.5) is 0 Å². The lowest BCUT2D eigenvalue weighted by Crippen LogP contribution is -2.01. The van der Waals surface area contributed by atoms with Gasteiger partial charge in [0.15, 0.2) is 0 Å². The van der Waals surface area contributed by atoms with E-state index < -0.39 is 5.92 Å². The molecule has 3 heteroatoms. The van der Waals surface area contributed by atoms with E-state index in [2.05, 4.69) is 6.07 Å². The molecule has 0 amide bonds. The third-order valence-electron chi connectivity index (χ3n) is 2.53. The van der Waals surface area contributed by atoms with Crippen molar-refractivity contribution < 1.29 is 9.21 Å². The molecule has 3 nitrogen and oxygen atoms in total. The fourth-order valence-electron chi connectivity index (χ4n) is 1.78. The summed E-state index contributed by atoms with van der Waals surface area (Å²) in [7, 11) is 0. The summed E-state index contributed by atoms with van der Waals surface area (Å²) in [4.78, 5) is 11.1. The number of benzene rings is 1. The van der Waals surface area contributed by atoms with Crippen LogP contribution >= 0.6 is 0 Å². The van der Waals surface area contributed by atoms with Crippen molar-refractivity contribution in [2.75, 3.05) is 0 Å². The quantitative estimate of drug-likeness (QED) is 0.787. The van der Waals surface area contributed by atoms with Gasteiger partial charge in [0.1, 0.15) is 11.4 Å². The lowest BCUT2D eigenvalue weighted by molar-refractivity contribution is -0.117. The highest BCUT2D eigenvalue weighted by atomic mass is 16.3. The molecule has 16 heavy (non-hydrogen) atoms. The van der Waals surface area contributed by atoms with E-state index in [0.717, 1.165) is 16.5 Å². The van der Waals surface area contributed by atoms with Crippen molar-refractivity contribution in [2.24, 2.45) is 0 Å². The number of hydrogen-bond donors (Lipinski definition) is 0. The number of Topliss-reactive ketones (excluding diaryl/α,β-unsaturated/α-hetero) is 1. The maximum absolute atomic E-state index is 11.1. The molecular formula is C13H11NO2. The first-order valence-electron chi connectivity index (χ1n) is 5.07. The Morgan fingerprint density at radius 2 is 2.25 bits per heavy atom. The fourth-order valence-corrected chi connectivity index (χ4v) is 1.78. The third-order valence-corrected chi connectivity index (χ3v) is 2.53. The van der Waals surface area contributed by atoms with Gasteiger partial charge in [0.25, 0.3) is 0 Å². The summed E-state index contributed by atoms with van der Waals surface area (Å²) in [6.07, 6.45) is 1.81. The monoisotopic (exact) mass is 213 g/mol. The highest BCUT2D eigenvalue weighted by Crippen LogP contribution is 2.29. The first kappa shape index (κ1) is 10.4. The van der Waals surface area contributed by atoms with Crippen LogP contribution in [0, 0.1) is 11.3 Å². The Bertz CT molecular complexity index is 563. The molecule has 0 aliphatic heterocycles. The van der Waals surface area contributed by atoms with Gasteiger partial charge in [-0.1, -0.05) is 18.2 Å². The van der Waals surface area contributed by atoms with Crippen molar-refractivity contribution in [2.45, 2.75) is 19.3 Å². The number of carbonyl (C=O) groups is 1.